The number of likely N-dealkylation sites (tertiary alicyclic amines) is 1. The lowest BCUT2D eigenvalue weighted by Crippen LogP contribution is -2.62. The molecule has 0 spiro atoms. The fourth-order valence-corrected chi connectivity index (χ4v) is 8.78. The van der Waals surface area contributed by atoms with Gasteiger partial charge in [-0.2, -0.15) is 0 Å². The molecule has 0 amide bonds. The maximum absolute atomic E-state index is 15.0. The molecule has 2 saturated heterocycles. The molecular weight excluding hydrogens is 608 g/mol. The van der Waals surface area contributed by atoms with Crippen LogP contribution in [0, 0.1) is 5.41 Å². The van der Waals surface area contributed by atoms with E-state index in [4.69, 9.17) is 9.47 Å². The molecule has 1 atom stereocenters. The van der Waals surface area contributed by atoms with Crippen molar-refractivity contribution in [2.75, 3.05) is 6.54 Å². The van der Waals surface area contributed by atoms with Gasteiger partial charge in [-0.15, -0.1) is 6.58 Å². The van der Waals surface area contributed by atoms with E-state index >= 15 is 4.79 Å². The number of piperidine rings is 2. The van der Waals surface area contributed by atoms with E-state index in [1.807, 2.05) is 6.08 Å². The molecule has 1 aromatic rings. The van der Waals surface area contributed by atoms with Crippen LogP contribution in [0.3, 0.4) is 0 Å². The average molecular weight is 681 g/mol. The van der Waals surface area contributed by atoms with Crippen LogP contribution in [0.1, 0.15) is 165 Å². The Hall–Kier alpha value is -2.18. The molecule has 2 heterocycles. The smallest absolute Gasteiger partial charge is 0.324 e. The van der Waals surface area contributed by atoms with Crippen LogP contribution in [-0.2, 0) is 36.3 Å². The van der Waals surface area contributed by atoms with Crippen molar-refractivity contribution in [3.05, 3.63) is 47.5 Å². The lowest BCUT2D eigenvalue weighted by atomic mass is 9.73. The van der Waals surface area contributed by atoms with Crippen molar-refractivity contribution < 1.29 is 19.1 Å². The Kier molecular flexibility index (Phi) is 12.2. The van der Waals surface area contributed by atoms with E-state index in [-0.39, 0.29) is 51.6 Å². The van der Waals surface area contributed by atoms with Gasteiger partial charge in [-0.3, -0.25) is 14.5 Å². The summed E-state index contributed by atoms with van der Waals surface area (Å²) in [6, 6.07) is 6.69. The van der Waals surface area contributed by atoms with Gasteiger partial charge in [0.25, 0.3) is 0 Å². The van der Waals surface area contributed by atoms with Crippen molar-refractivity contribution >= 4 is 11.9 Å². The summed E-state index contributed by atoms with van der Waals surface area (Å²) in [7, 11) is 0. The molecule has 0 radical (unpaired) electrons. The third kappa shape index (κ3) is 10.2. The van der Waals surface area contributed by atoms with Crippen LogP contribution in [0.5, 0.6) is 0 Å². The SMILES string of the molecule is C=CCN1C(C)(C)CC(OC(=O)C(CCCC)(Cc2cc(C(C)(C)C)cc(C(C)(C)C)c2)C(=O)OC2CC(C)(C)NC(C)(C)C2)CC1(C)C. The first-order valence-electron chi connectivity index (χ1n) is 18.9. The van der Waals surface area contributed by atoms with Gasteiger partial charge in [-0.05, 0) is 95.8 Å². The summed E-state index contributed by atoms with van der Waals surface area (Å²) in [4.78, 5) is 32.4. The lowest BCUT2D eigenvalue weighted by Gasteiger charge is -2.54. The largest absolute Gasteiger partial charge is 0.461 e. The molecule has 49 heavy (non-hydrogen) atoms. The molecule has 6 nitrogen and oxygen atoms in total. The van der Waals surface area contributed by atoms with E-state index < -0.39 is 17.4 Å². The predicted octanol–water partition coefficient (Wildman–Crippen LogP) is 9.60. The molecule has 6 heteroatoms. The third-order valence-electron chi connectivity index (χ3n) is 10.9. The van der Waals surface area contributed by atoms with Gasteiger partial charge in [0.15, 0.2) is 5.41 Å². The van der Waals surface area contributed by atoms with E-state index in [2.05, 4.69) is 139 Å². The van der Waals surface area contributed by atoms with Crippen LogP contribution in [0.4, 0.5) is 0 Å². The zero-order chi connectivity index (χ0) is 37.4. The highest BCUT2D eigenvalue weighted by Crippen LogP contribution is 2.43. The second-order valence-electron chi connectivity index (χ2n) is 20.1. The van der Waals surface area contributed by atoms with Gasteiger partial charge < -0.3 is 14.8 Å². The van der Waals surface area contributed by atoms with Crippen molar-refractivity contribution in [2.45, 2.75) is 200 Å². The second-order valence-corrected chi connectivity index (χ2v) is 20.1. The number of benzene rings is 1. The highest BCUT2D eigenvalue weighted by Gasteiger charge is 2.53. The molecular formula is C43H72N2O4. The van der Waals surface area contributed by atoms with Crippen molar-refractivity contribution in [1.82, 2.24) is 10.2 Å². The van der Waals surface area contributed by atoms with Crippen molar-refractivity contribution in [3.63, 3.8) is 0 Å². The number of nitrogens with one attached hydrogen (secondary N) is 1. The summed E-state index contributed by atoms with van der Waals surface area (Å²) < 4.78 is 13.1. The minimum atomic E-state index is -1.46. The molecule has 0 saturated carbocycles. The van der Waals surface area contributed by atoms with Gasteiger partial charge in [-0.1, -0.05) is 85.6 Å². The number of nitrogens with zero attached hydrogens (tertiary/aromatic N) is 1. The monoisotopic (exact) mass is 681 g/mol. The van der Waals surface area contributed by atoms with Gasteiger partial charge in [-0.25, -0.2) is 0 Å². The quantitative estimate of drug-likeness (QED) is 0.143. The molecule has 2 aliphatic rings. The first kappa shape index (κ1) is 41.2. The average Bonchev–Trinajstić information content (AvgIpc) is 2.89. The van der Waals surface area contributed by atoms with E-state index in [0.29, 0.717) is 38.5 Å². The number of unbranched alkanes of at least 4 members (excludes halogenated alkanes) is 1. The van der Waals surface area contributed by atoms with E-state index in [0.717, 1.165) is 18.5 Å². The van der Waals surface area contributed by atoms with Crippen LogP contribution in [0.15, 0.2) is 30.9 Å². The van der Waals surface area contributed by atoms with Gasteiger partial charge in [0.1, 0.15) is 12.2 Å². The molecule has 1 aromatic carbocycles. The number of rotatable bonds is 11. The van der Waals surface area contributed by atoms with Gasteiger partial charge in [0, 0.05) is 54.4 Å². The Morgan fingerprint density at radius 1 is 0.796 bits per heavy atom. The topological polar surface area (TPSA) is 67.9 Å². The zero-order valence-electron chi connectivity index (χ0n) is 34.1. The Morgan fingerprint density at radius 2 is 1.22 bits per heavy atom. The summed E-state index contributed by atoms with van der Waals surface area (Å²) in [5.74, 6) is -0.879. The molecule has 0 aromatic heterocycles. The fourth-order valence-electron chi connectivity index (χ4n) is 8.78. The Bertz CT molecular complexity index is 1280. The maximum atomic E-state index is 15.0. The first-order valence-corrected chi connectivity index (χ1v) is 18.9. The Labute approximate surface area is 300 Å². The highest BCUT2D eigenvalue weighted by atomic mass is 16.6. The Morgan fingerprint density at radius 3 is 1.61 bits per heavy atom. The van der Waals surface area contributed by atoms with Crippen LogP contribution >= 0.6 is 0 Å². The molecule has 1 unspecified atom stereocenters. The summed E-state index contributed by atoms with van der Waals surface area (Å²) in [6.07, 6.45) is 6.23. The van der Waals surface area contributed by atoms with Crippen LogP contribution in [-0.4, -0.2) is 57.7 Å². The zero-order valence-corrected chi connectivity index (χ0v) is 34.1. The standard InChI is InChI=1S/C43H72N2O4/c1-17-19-20-43(35(46)48-33-26-39(9,10)44-40(11,12)27-33,25-30-22-31(37(3,4)5)24-32(23-30)38(6,7)8)36(47)49-34-28-41(13,14)45(21-18-2)42(15,16)29-34/h18,22-24,33-34,44H,2,17,19-21,25-29H2,1,3-16H3. The van der Waals surface area contributed by atoms with Gasteiger partial charge >= 0.3 is 11.9 Å². The number of hydrogen-bond acceptors (Lipinski definition) is 6. The van der Waals surface area contributed by atoms with Crippen molar-refractivity contribution in [1.29, 1.82) is 0 Å². The van der Waals surface area contributed by atoms with Crippen LogP contribution in [0.25, 0.3) is 0 Å². The van der Waals surface area contributed by atoms with E-state index in [1.165, 1.54) is 11.1 Å². The fraction of sp³-hybridized carbons (Fsp3) is 0.767. The minimum absolute atomic E-state index is 0.105. The second kappa shape index (κ2) is 14.4. The number of hydrogen-bond donors (Lipinski definition) is 1. The van der Waals surface area contributed by atoms with Crippen molar-refractivity contribution in [2.24, 2.45) is 5.41 Å². The van der Waals surface area contributed by atoms with Crippen LogP contribution < -0.4 is 5.32 Å². The molecule has 1 N–H and O–H groups in total. The van der Waals surface area contributed by atoms with E-state index in [1.54, 1.807) is 0 Å². The summed E-state index contributed by atoms with van der Waals surface area (Å²) in [5.41, 5.74) is 0.837. The minimum Gasteiger partial charge on any atom is -0.461 e. The highest BCUT2D eigenvalue weighted by molar-refractivity contribution is 6.00. The third-order valence-corrected chi connectivity index (χ3v) is 10.9. The number of ether oxygens (including phenoxy) is 2. The van der Waals surface area contributed by atoms with E-state index in [9.17, 15) is 4.79 Å². The summed E-state index contributed by atoms with van der Waals surface area (Å²) >= 11 is 0. The van der Waals surface area contributed by atoms with Gasteiger partial charge in [0.2, 0.25) is 0 Å². The van der Waals surface area contributed by atoms with Crippen molar-refractivity contribution in [3.8, 4) is 0 Å². The number of carbonyl (C=O) groups is 2. The summed E-state index contributed by atoms with van der Waals surface area (Å²) in [5, 5.41) is 3.70. The maximum Gasteiger partial charge on any atom is 0.324 e. The van der Waals surface area contributed by atoms with Gasteiger partial charge in [0.05, 0.1) is 0 Å². The molecule has 278 valence electrons. The summed E-state index contributed by atoms with van der Waals surface area (Å²) in [6.45, 7) is 37.6. The lowest BCUT2D eigenvalue weighted by molar-refractivity contribution is -0.186. The number of carbonyl (C=O) groups excluding carboxylic acids is 2. The normalized spacial score (nSPS) is 22.6. The molecule has 0 aliphatic carbocycles. The first-order chi connectivity index (χ1) is 22.2. The predicted molar refractivity (Wildman–Crippen MR) is 204 cm³/mol. The molecule has 2 aliphatic heterocycles. The molecule has 2 fully saturated rings. The Balaban J connectivity index is 2.16. The molecule has 0 bridgehead atoms. The number of esters is 2. The van der Waals surface area contributed by atoms with Crippen LogP contribution in [0.2, 0.25) is 0 Å². The molecule has 3 rings (SSSR count).